The van der Waals surface area contributed by atoms with Gasteiger partial charge in [0.15, 0.2) is 5.78 Å². The van der Waals surface area contributed by atoms with Crippen LogP contribution >= 0.6 is 39.3 Å². The molecule has 0 radical (unpaired) electrons. The summed E-state index contributed by atoms with van der Waals surface area (Å²) in [6, 6.07) is 13.4. The van der Waals surface area contributed by atoms with E-state index < -0.39 is 0 Å². The minimum Gasteiger partial charge on any atom is -0.337 e. The predicted octanol–water partition coefficient (Wildman–Crippen LogP) is 5.45. The third-order valence-electron chi connectivity index (χ3n) is 3.96. The summed E-state index contributed by atoms with van der Waals surface area (Å²) in [5.41, 5.74) is 1.69. The monoisotopic (exact) mass is 435 g/mol. The number of pyridine rings is 1. The van der Waals surface area contributed by atoms with Crippen LogP contribution in [-0.2, 0) is 12.8 Å². The normalized spacial score (nSPS) is 11.0. The van der Waals surface area contributed by atoms with Gasteiger partial charge in [0.05, 0.1) is 26.5 Å². The van der Waals surface area contributed by atoms with Gasteiger partial charge in [0.25, 0.3) is 0 Å². The summed E-state index contributed by atoms with van der Waals surface area (Å²) in [4.78, 5) is 25.2. The molecular weight excluding hydrogens is 422 g/mol. The number of carbonyl (C=O) groups is 1. The fraction of sp³-hybridized carbons (Fsp3) is 0.158. The van der Waals surface area contributed by atoms with E-state index in [2.05, 4.69) is 15.9 Å². The van der Waals surface area contributed by atoms with Crippen LogP contribution in [0, 0.1) is 0 Å². The molecule has 0 aliphatic heterocycles. The highest BCUT2D eigenvalue weighted by Gasteiger charge is 2.22. The van der Waals surface area contributed by atoms with Crippen molar-refractivity contribution in [2.75, 3.05) is 0 Å². The van der Waals surface area contributed by atoms with E-state index in [9.17, 15) is 9.59 Å². The molecule has 128 valence electrons. The molecule has 3 nitrogen and oxygen atoms in total. The molecular formula is C19H15BrClNO2S. The van der Waals surface area contributed by atoms with Crippen LogP contribution in [-0.4, -0.2) is 10.4 Å². The van der Waals surface area contributed by atoms with Crippen LogP contribution in [0.1, 0.15) is 22.8 Å². The average molecular weight is 437 g/mol. The van der Waals surface area contributed by atoms with Gasteiger partial charge in [-0.25, -0.2) is 0 Å². The number of Topliss-reactive ketones (excluding diaryl/α,β-unsaturated/α-hetero) is 1. The molecule has 0 aliphatic carbocycles. The summed E-state index contributed by atoms with van der Waals surface area (Å²) in [5.74, 6) is 0.409. The molecule has 0 unspecified atom stereocenters. The van der Waals surface area contributed by atoms with Gasteiger partial charge in [-0.3, -0.25) is 9.59 Å². The number of halogens is 2. The van der Waals surface area contributed by atoms with Gasteiger partial charge in [-0.1, -0.05) is 41.9 Å². The molecule has 0 aliphatic rings. The second-order valence-corrected chi connectivity index (χ2v) is 7.88. The summed E-state index contributed by atoms with van der Waals surface area (Å²) in [6.45, 7) is 1.42. The molecule has 3 aromatic rings. The Hall–Kier alpha value is -1.56. The number of nitrogens with zero attached hydrogens (tertiary/aromatic N) is 1. The molecule has 25 heavy (non-hydrogen) atoms. The highest BCUT2D eigenvalue weighted by atomic mass is 79.9. The largest absolute Gasteiger partial charge is 0.337 e. The predicted molar refractivity (Wildman–Crippen MR) is 108 cm³/mol. The Morgan fingerprint density at radius 2 is 1.88 bits per heavy atom. The zero-order chi connectivity index (χ0) is 18.1. The zero-order valence-electron chi connectivity index (χ0n) is 13.7. The van der Waals surface area contributed by atoms with E-state index in [1.807, 2.05) is 48.0 Å². The molecule has 1 heterocycles. The van der Waals surface area contributed by atoms with Crippen LogP contribution in [0.2, 0.25) is 5.02 Å². The minimum atomic E-state index is -0.317. The van der Waals surface area contributed by atoms with Crippen LogP contribution in [0.5, 0.6) is 0 Å². The molecule has 0 saturated carbocycles. The SMILES string of the molecule is CC(=O)c1c(SCc2ccccc2)n(C)c2c(Br)ccc(Cl)c2c1=O. The van der Waals surface area contributed by atoms with Crippen molar-refractivity contribution in [3.63, 3.8) is 0 Å². The number of rotatable bonds is 4. The Labute approximate surface area is 163 Å². The van der Waals surface area contributed by atoms with Crippen molar-refractivity contribution in [3.8, 4) is 0 Å². The minimum absolute atomic E-state index is 0.191. The topological polar surface area (TPSA) is 39.1 Å². The number of carbonyl (C=O) groups excluding carboxylic acids is 1. The van der Waals surface area contributed by atoms with Crippen molar-refractivity contribution in [1.29, 1.82) is 0 Å². The highest BCUT2D eigenvalue weighted by Crippen LogP contribution is 2.33. The highest BCUT2D eigenvalue weighted by molar-refractivity contribution is 9.10. The van der Waals surface area contributed by atoms with E-state index in [4.69, 9.17) is 11.6 Å². The molecule has 6 heteroatoms. The maximum absolute atomic E-state index is 13.0. The lowest BCUT2D eigenvalue weighted by molar-refractivity contribution is 0.101. The molecule has 2 aromatic carbocycles. The maximum Gasteiger partial charge on any atom is 0.202 e. The van der Waals surface area contributed by atoms with Crippen molar-refractivity contribution >= 4 is 56.0 Å². The molecule has 3 rings (SSSR count). The van der Waals surface area contributed by atoms with E-state index in [0.29, 0.717) is 26.7 Å². The zero-order valence-corrected chi connectivity index (χ0v) is 16.8. The first-order chi connectivity index (χ1) is 11.9. The van der Waals surface area contributed by atoms with Crippen LogP contribution in [0.3, 0.4) is 0 Å². The van der Waals surface area contributed by atoms with E-state index in [-0.39, 0.29) is 16.8 Å². The molecule has 0 N–H and O–H groups in total. The first-order valence-electron chi connectivity index (χ1n) is 7.60. The van der Waals surface area contributed by atoms with Gasteiger partial charge < -0.3 is 4.57 Å². The van der Waals surface area contributed by atoms with E-state index >= 15 is 0 Å². The van der Waals surface area contributed by atoms with Crippen molar-refractivity contribution in [2.45, 2.75) is 17.7 Å². The van der Waals surface area contributed by atoms with Gasteiger partial charge in [-0.15, -0.1) is 11.8 Å². The lowest BCUT2D eigenvalue weighted by Crippen LogP contribution is -2.20. The first-order valence-corrected chi connectivity index (χ1v) is 9.75. The summed E-state index contributed by atoms with van der Waals surface area (Å²) in [5, 5.41) is 1.37. The maximum atomic E-state index is 13.0. The van der Waals surface area contributed by atoms with Crippen LogP contribution < -0.4 is 5.43 Å². The molecule has 0 amide bonds. The molecule has 0 atom stereocenters. The van der Waals surface area contributed by atoms with Gasteiger partial charge in [0.2, 0.25) is 5.43 Å². The van der Waals surface area contributed by atoms with E-state index in [1.165, 1.54) is 18.7 Å². The summed E-state index contributed by atoms with van der Waals surface area (Å²) >= 11 is 11.2. The van der Waals surface area contributed by atoms with Gasteiger partial charge in [-0.2, -0.15) is 0 Å². The number of hydrogen-bond donors (Lipinski definition) is 0. The standard InChI is InChI=1S/C19H15BrClNO2S/c1-11(23)15-18(24)16-14(21)9-8-13(20)17(16)22(2)19(15)25-10-12-6-4-3-5-7-12/h3-9H,10H2,1-2H3. The first kappa shape index (κ1) is 18.2. The summed E-state index contributed by atoms with van der Waals surface area (Å²) in [6.07, 6.45) is 0. The Bertz CT molecular complexity index is 1030. The molecule has 0 saturated heterocycles. The average Bonchev–Trinajstić information content (AvgIpc) is 2.59. The fourth-order valence-corrected chi connectivity index (χ4v) is 4.78. The Balaban J connectivity index is 2.25. The summed E-state index contributed by atoms with van der Waals surface area (Å²) in [7, 11) is 1.85. The smallest absolute Gasteiger partial charge is 0.202 e. The number of thioether (sulfide) groups is 1. The Kier molecular flexibility index (Phi) is 5.37. The van der Waals surface area contributed by atoms with Gasteiger partial charge in [0.1, 0.15) is 0 Å². The van der Waals surface area contributed by atoms with Crippen LogP contribution in [0.25, 0.3) is 10.9 Å². The lowest BCUT2D eigenvalue weighted by atomic mass is 10.1. The number of aromatic nitrogens is 1. The van der Waals surface area contributed by atoms with Crippen molar-refractivity contribution in [2.24, 2.45) is 7.05 Å². The number of aryl methyl sites for hydroxylation is 1. The number of hydrogen-bond acceptors (Lipinski definition) is 3. The van der Waals surface area contributed by atoms with Crippen molar-refractivity contribution in [3.05, 3.63) is 73.3 Å². The van der Waals surface area contributed by atoms with Gasteiger partial charge >= 0.3 is 0 Å². The molecule has 0 spiro atoms. The van der Waals surface area contributed by atoms with Crippen molar-refractivity contribution < 1.29 is 4.79 Å². The fourth-order valence-electron chi connectivity index (χ4n) is 2.78. The Morgan fingerprint density at radius 3 is 2.52 bits per heavy atom. The van der Waals surface area contributed by atoms with Crippen molar-refractivity contribution in [1.82, 2.24) is 4.57 Å². The second-order valence-electron chi connectivity index (χ2n) is 5.65. The van der Waals surface area contributed by atoms with E-state index in [0.717, 1.165) is 10.0 Å². The lowest BCUT2D eigenvalue weighted by Gasteiger charge is -2.17. The van der Waals surface area contributed by atoms with Crippen LogP contribution in [0.15, 0.2) is 56.8 Å². The Morgan fingerprint density at radius 1 is 1.20 bits per heavy atom. The van der Waals surface area contributed by atoms with Gasteiger partial charge in [-0.05, 0) is 40.5 Å². The third kappa shape index (κ3) is 3.41. The van der Waals surface area contributed by atoms with Gasteiger partial charge in [0, 0.05) is 17.3 Å². The number of fused-ring (bicyclic) bond motifs is 1. The quantitative estimate of drug-likeness (QED) is 0.403. The number of benzene rings is 2. The number of ketones is 1. The summed E-state index contributed by atoms with van der Waals surface area (Å²) < 4.78 is 2.64. The van der Waals surface area contributed by atoms with Crippen LogP contribution in [0.4, 0.5) is 0 Å². The third-order valence-corrected chi connectivity index (χ3v) is 6.14. The molecule has 0 fully saturated rings. The van der Waals surface area contributed by atoms with E-state index in [1.54, 1.807) is 6.07 Å². The second kappa shape index (κ2) is 7.36. The molecule has 0 bridgehead atoms. The molecule has 1 aromatic heterocycles.